The number of β-amino-alcohol motifs (C(OH)–C–C–N with tert-alkyl or cyclic N) is 1. The zero-order valence-electron chi connectivity index (χ0n) is 14.1. The zero-order chi connectivity index (χ0) is 18.3. The number of carbonyl (C=O) groups is 1. The van der Waals surface area contributed by atoms with Gasteiger partial charge in [0.2, 0.25) is 15.9 Å². The van der Waals surface area contributed by atoms with E-state index in [4.69, 9.17) is 9.88 Å². The van der Waals surface area contributed by atoms with Crippen LogP contribution in [0.2, 0.25) is 0 Å². The average Bonchev–Trinajstić information content (AvgIpc) is 2.97. The minimum Gasteiger partial charge on any atom is -0.493 e. The van der Waals surface area contributed by atoms with Gasteiger partial charge in [-0.3, -0.25) is 4.79 Å². The second-order valence-electron chi connectivity index (χ2n) is 5.71. The lowest BCUT2D eigenvalue weighted by atomic mass is 10.1. The summed E-state index contributed by atoms with van der Waals surface area (Å²) in [4.78, 5) is 11.8. The number of nitrogens with two attached hydrogens (primary N) is 1. The van der Waals surface area contributed by atoms with Crippen molar-refractivity contribution in [2.45, 2.75) is 11.0 Å². The van der Waals surface area contributed by atoms with Crippen molar-refractivity contribution in [3.63, 3.8) is 0 Å². The van der Waals surface area contributed by atoms with E-state index >= 15 is 0 Å². The summed E-state index contributed by atoms with van der Waals surface area (Å²) in [6.45, 7) is 2.16. The van der Waals surface area contributed by atoms with Gasteiger partial charge in [-0.15, -0.1) is 24.2 Å². The molecule has 1 aromatic rings. The molecular formula is C15H24ClN3O5S2. The van der Waals surface area contributed by atoms with Gasteiger partial charge in [0.15, 0.2) is 0 Å². The molecule has 2 unspecified atom stereocenters. The molecular weight excluding hydrogens is 402 g/mol. The monoisotopic (exact) mass is 425 g/mol. The number of hydrogen-bond donors (Lipinski definition) is 4. The van der Waals surface area contributed by atoms with Crippen LogP contribution in [0.25, 0.3) is 0 Å². The lowest BCUT2D eigenvalue weighted by Crippen LogP contribution is -2.35. The number of sulfonamides is 1. The number of rotatable bonds is 9. The molecule has 0 aliphatic carbocycles. The number of halogens is 1. The Balaban J connectivity index is 0.00000338. The molecule has 0 aromatic heterocycles. The van der Waals surface area contributed by atoms with Crippen molar-refractivity contribution in [1.82, 2.24) is 10.6 Å². The van der Waals surface area contributed by atoms with Gasteiger partial charge < -0.3 is 20.5 Å². The molecule has 5 N–H and O–H groups in total. The van der Waals surface area contributed by atoms with Crippen molar-refractivity contribution in [2.75, 3.05) is 37.7 Å². The van der Waals surface area contributed by atoms with Crippen molar-refractivity contribution in [2.24, 2.45) is 11.1 Å². The zero-order valence-corrected chi connectivity index (χ0v) is 16.5. The Morgan fingerprint density at radius 3 is 2.62 bits per heavy atom. The van der Waals surface area contributed by atoms with Crippen LogP contribution in [0.3, 0.4) is 0 Å². The molecule has 2 rings (SSSR count). The molecule has 8 nitrogen and oxygen atoms in total. The molecule has 1 fully saturated rings. The van der Waals surface area contributed by atoms with Crippen LogP contribution in [-0.2, 0) is 14.8 Å². The maximum atomic E-state index is 11.7. The third-order valence-corrected chi connectivity index (χ3v) is 5.60. The second kappa shape index (κ2) is 11.0. The number of benzene rings is 1. The SMILES string of the molecule is Cl.NS(=O)(=O)c1ccc(OCCSCC(=O)NCC2CNCC2O)cc1. The van der Waals surface area contributed by atoms with E-state index in [1.165, 1.54) is 36.0 Å². The van der Waals surface area contributed by atoms with Gasteiger partial charge in [-0.1, -0.05) is 0 Å². The molecule has 1 heterocycles. The minimum absolute atomic E-state index is 0. The summed E-state index contributed by atoms with van der Waals surface area (Å²) < 4.78 is 27.8. The molecule has 11 heteroatoms. The lowest BCUT2D eigenvalue weighted by molar-refractivity contribution is -0.118. The number of thioether (sulfide) groups is 1. The highest BCUT2D eigenvalue weighted by Gasteiger charge is 2.24. The number of amides is 1. The van der Waals surface area contributed by atoms with Crippen LogP contribution in [-0.4, -0.2) is 63.3 Å². The molecule has 26 heavy (non-hydrogen) atoms. The maximum absolute atomic E-state index is 11.7. The van der Waals surface area contributed by atoms with Gasteiger partial charge in [0.25, 0.3) is 0 Å². The van der Waals surface area contributed by atoms with E-state index in [-0.39, 0.29) is 29.1 Å². The number of aliphatic hydroxyl groups is 1. The first-order valence-corrected chi connectivity index (χ1v) is 10.6. The molecule has 1 saturated heterocycles. The van der Waals surface area contributed by atoms with Crippen molar-refractivity contribution >= 4 is 40.1 Å². The van der Waals surface area contributed by atoms with Crippen LogP contribution >= 0.6 is 24.2 Å². The summed E-state index contributed by atoms with van der Waals surface area (Å²) in [5.41, 5.74) is 0. The summed E-state index contributed by atoms with van der Waals surface area (Å²) in [6.07, 6.45) is -0.401. The third kappa shape index (κ3) is 7.68. The molecule has 2 atom stereocenters. The topological polar surface area (TPSA) is 131 Å². The Hall–Kier alpha value is -1.04. The highest BCUT2D eigenvalue weighted by atomic mass is 35.5. The number of nitrogens with one attached hydrogen (secondary N) is 2. The van der Waals surface area contributed by atoms with Gasteiger partial charge in [0.05, 0.1) is 23.4 Å². The van der Waals surface area contributed by atoms with Crippen LogP contribution in [0.4, 0.5) is 0 Å². The molecule has 1 aromatic carbocycles. The van der Waals surface area contributed by atoms with Gasteiger partial charge in [-0.2, -0.15) is 0 Å². The summed E-state index contributed by atoms with van der Waals surface area (Å²) >= 11 is 1.44. The highest BCUT2D eigenvalue weighted by Crippen LogP contribution is 2.15. The smallest absolute Gasteiger partial charge is 0.238 e. The Kier molecular flexibility index (Phi) is 9.69. The van der Waals surface area contributed by atoms with E-state index in [1.54, 1.807) is 0 Å². The van der Waals surface area contributed by atoms with Gasteiger partial charge in [0.1, 0.15) is 5.75 Å². The fourth-order valence-electron chi connectivity index (χ4n) is 2.33. The fourth-order valence-corrected chi connectivity index (χ4v) is 3.48. The Morgan fingerprint density at radius 2 is 2.04 bits per heavy atom. The van der Waals surface area contributed by atoms with Crippen LogP contribution < -0.4 is 20.5 Å². The minimum atomic E-state index is -3.70. The van der Waals surface area contributed by atoms with Crippen molar-refractivity contribution in [1.29, 1.82) is 0 Å². The van der Waals surface area contributed by atoms with E-state index in [0.29, 0.717) is 43.5 Å². The maximum Gasteiger partial charge on any atom is 0.238 e. The van der Waals surface area contributed by atoms with Crippen molar-refractivity contribution < 1.29 is 23.1 Å². The largest absolute Gasteiger partial charge is 0.493 e. The van der Waals surface area contributed by atoms with Crippen LogP contribution in [0.5, 0.6) is 5.75 Å². The standard InChI is InChI=1S/C15H23N3O5S2.ClH/c16-25(21,22)13-3-1-12(2-4-13)23-5-6-24-10-15(20)18-8-11-7-17-9-14(11)19;/h1-4,11,14,17,19H,5-10H2,(H,18,20)(H2,16,21,22);1H. The van der Waals surface area contributed by atoms with Crippen LogP contribution in [0.1, 0.15) is 0 Å². The first-order chi connectivity index (χ1) is 11.9. The summed E-state index contributed by atoms with van der Waals surface area (Å²) in [7, 11) is -3.70. The molecule has 1 amide bonds. The molecule has 0 bridgehead atoms. The van der Waals surface area contributed by atoms with E-state index in [9.17, 15) is 18.3 Å². The number of primary sulfonamides is 1. The Bertz CT molecular complexity index is 672. The summed E-state index contributed by atoms with van der Waals surface area (Å²) in [6, 6.07) is 5.85. The molecule has 1 aliphatic heterocycles. The van der Waals surface area contributed by atoms with Crippen molar-refractivity contribution in [3.05, 3.63) is 24.3 Å². The van der Waals surface area contributed by atoms with E-state index < -0.39 is 16.1 Å². The predicted octanol–water partition coefficient (Wildman–Crippen LogP) is -0.436. The lowest BCUT2D eigenvalue weighted by Gasteiger charge is -2.14. The van der Waals surface area contributed by atoms with Crippen LogP contribution in [0.15, 0.2) is 29.2 Å². The van der Waals surface area contributed by atoms with Crippen molar-refractivity contribution in [3.8, 4) is 5.75 Å². The first-order valence-electron chi connectivity index (χ1n) is 7.85. The summed E-state index contributed by atoms with van der Waals surface area (Å²) in [5, 5.41) is 20.5. The number of hydrogen-bond acceptors (Lipinski definition) is 7. The normalized spacial score (nSPS) is 19.6. The summed E-state index contributed by atoms with van der Waals surface area (Å²) in [5.74, 6) is 1.49. The molecule has 0 spiro atoms. The average molecular weight is 426 g/mol. The van der Waals surface area contributed by atoms with E-state index in [0.717, 1.165) is 0 Å². The van der Waals surface area contributed by atoms with Gasteiger partial charge in [-0.25, -0.2) is 13.6 Å². The van der Waals surface area contributed by atoms with Crippen LogP contribution in [0, 0.1) is 5.92 Å². The molecule has 1 aliphatic rings. The molecule has 0 saturated carbocycles. The number of aliphatic hydroxyl groups excluding tert-OH is 1. The second-order valence-corrected chi connectivity index (χ2v) is 8.37. The Labute approximate surface area is 163 Å². The molecule has 0 radical (unpaired) electrons. The van der Waals surface area contributed by atoms with Gasteiger partial charge in [0, 0.05) is 31.3 Å². The highest BCUT2D eigenvalue weighted by molar-refractivity contribution is 7.99. The number of ether oxygens (including phenoxy) is 1. The fraction of sp³-hybridized carbons (Fsp3) is 0.533. The Morgan fingerprint density at radius 1 is 1.35 bits per heavy atom. The van der Waals surface area contributed by atoms with Gasteiger partial charge in [-0.05, 0) is 24.3 Å². The van der Waals surface area contributed by atoms with Gasteiger partial charge >= 0.3 is 0 Å². The quantitative estimate of drug-likeness (QED) is 0.394. The molecule has 148 valence electrons. The number of carbonyl (C=O) groups excluding carboxylic acids is 1. The third-order valence-electron chi connectivity index (χ3n) is 3.75. The first kappa shape index (κ1) is 23.0. The van der Waals surface area contributed by atoms with E-state index in [2.05, 4.69) is 10.6 Å². The van der Waals surface area contributed by atoms with E-state index in [1.807, 2.05) is 0 Å². The predicted molar refractivity (Wildman–Crippen MR) is 103 cm³/mol.